The topological polar surface area (TPSA) is 58.8 Å². The molecule has 2 aromatic rings. The largest absolute Gasteiger partial charge is 0.462 e. The Morgan fingerprint density at radius 3 is 2.83 bits per heavy atom. The first-order valence-corrected chi connectivity index (χ1v) is 8.45. The van der Waals surface area contributed by atoms with Crippen LogP contribution in [-0.4, -0.2) is 47.8 Å². The Hall–Kier alpha value is -2.34. The normalized spacial score (nSPS) is 31.7. The molecule has 0 N–H and O–H groups in total. The Morgan fingerprint density at radius 1 is 1.25 bits per heavy atom. The van der Waals surface area contributed by atoms with E-state index in [1.54, 1.807) is 23.6 Å². The second-order valence-electron chi connectivity index (χ2n) is 6.98. The second-order valence-corrected chi connectivity index (χ2v) is 6.98. The lowest BCUT2D eigenvalue weighted by molar-refractivity contribution is -0.0881. The van der Waals surface area contributed by atoms with Gasteiger partial charge in [-0.3, -0.25) is 14.8 Å². The summed E-state index contributed by atoms with van der Waals surface area (Å²) in [6.07, 6.45) is 7.08. The number of hydrogen-bond acceptors (Lipinski definition) is 5. The van der Waals surface area contributed by atoms with Crippen LogP contribution in [0.2, 0.25) is 0 Å². The van der Waals surface area contributed by atoms with E-state index in [2.05, 4.69) is 9.88 Å². The molecule has 4 aliphatic rings. The molecule has 2 bridgehead atoms. The molecule has 6 nitrogen and oxygen atoms in total. The molecule has 6 rings (SSSR count). The molecular formula is C18H19N3O3. The molecule has 6 heteroatoms. The van der Waals surface area contributed by atoms with E-state index in [4.69, 9.17) is 9.15 Å². The van der Waals surface area contributed by atoms with E-state index < -0.39 is 0 Å². The van der Waals surface area contributed by atoms with Crippen LogP contribution in [0.25, 0.3) is 11.3 Å². The number of carbonyl (C=O) groups excluding carboxylic acids is 1. The molecule has 0 aromatic carbocycles. The molecule has 124 valence electrons. The molecule has 4 fully saturated rings. The van der Waals surface area contributed by atoms with Crippen LogP contribution in [0, 0.1) is 5.92 Å². The Morgan fingerprint density at radius 2 is 2.12 bits per heavy atom. The lowest BCUT2D eigenvalue weighted by atomic mass is 9.75. The molecule has 6 heterocycles. The number of aromatic nitrogens is 1. The predicted octanol–water partition coefficient (Wildman–Crippen LogP) is 2.76. The quantitative estimate of drug-likeness (QED) is 0.850. The maximum atomic E-state index is 12.5. The molecule has 0 aliphatic carbocycles. The van der Waals surface area contributed by atoms with E-state index in [1.165, 1.54) is 0 Å². The molecule has 4 saturated heterocycles. The molecule has 0 radical (unpaired) electrons. The number of furan rings is 1. The van der Waals surface area contributed by atoms with Crippen LogP contribution in [0.4, 0.5) is 10.5 Å². The summed E-state index contributed by atoms with van der Waals surface area (Å²) in [6, 6.07) is 5.69. The number of hydrogen-bond donors (Lipinski definition) is 0. The van der Waals surface area contributed by atoms with E-state index in [-0.39, 0.29) is 11.7 Å². The van der Waals surface area contributed by atoms with Crippen LogP contribution < -0.4 is 4.90 Å². The van der Waals surface area contributed by atoms with Gasteiger partial charge in [0.15, 0.2) is 0 Å². The fraction of sp³-hybridized carbons (Fsp3) is 0.444. The van der Waals surface area contributed by atoms with Crippen molar-refractivity contribution < 1.29 is 13.9 Å². The van der Waals surface area contributed by atoms with Gasteiger partial charge in [0.05, 0.1) is 12.2 Å². The fourth-order valence-electron chi connectivity index (χ4n) is 4.34. The minimum absolute atomic E-state index is 0.262. The number of amides is 1. The second kappa shape index (κ2) is 5.08. The summed E-state index contributed by atoms with van der Waals surface area (Å²) in [5, 5.41) is 0. The molecule has 1 atom stereocenters. The van der Waals surface area contributed by atoms with Crippen LogP contribution in [0.1, 0.15) is 12.8 Å². The van der Waals surface area contributed by atoms with Crippen molar-refractivity contribution in [3.63, 3.8) is 0 Å². The van der Waals surface area contributed by atoms with Gasteiger partial charge in [-0.25, -0.2) is 4.79 Å². The van der Waals surface area contributed by atoms with Gasteiger partial charge >= 0.3 is 6.09 Å². The maximum Gasteiger partial charge on any atom is 0.415 e. The van der Waals surface area contributed by atoms with Gasteiger partial charge in [0, 0.05) is 36.5 Å². The summed E-state index contributed by atoms with van der Waals surface area (Å²) in [7, 11) is 0. The third-order valence-electron chi connectivity index (χ3n) is 5.60. The Balaban J connectivity index is 1.42. The molecule has 2 aromatic heterocycles. The van der Waals surface area contributed by atoms with Crippen molar-refractivity contribution in [2.75, 3.05) is 31.1 Å². The number of anilines is 1. The van der Waals surface area contributed by atoms with Gasteiger partial charge in [0.25, 0.3) is 0 Å². The van der Waals surface area contributed by atoms with Crippen molar-refractivity contribution in [1.82, 2.24) is 9.88 Å². The fourth-order valence-corrected chi connectivity index (χ4v) is 4.34. The van der Waals surface area contributed by atoms with Crippen LogP contribution in [0.5, 0.6) is 0 Å². The first-order valence-electron chi connectivity index (χ1n) is 8.45. The van der Waals surface area contributed by atoms with Crippen molar-refractivity contribution in [2.45, 2.75) is 18.4 Å². The third-order valence-corrected chi connectivity index (χ3v) is 5.60. The highest BCUT2D eigenvalue weighted by molar-refractivity contribution is 5.91. The highest BCUT2D eigenvalue weighted by atomic mass is 16.6. The number of rotatable bonds is 2. The van der Waals surface area contributed by atoms with Crippen LogP contribution in [0.3, 0.4) is 0 Å². The average molecular weight is 325 g/mol. The monoisotopic (exact) mass is 325 g/mol. The van der Waals surface area contributed by atoms with Gasteiger partial charge in [-0.15, -0.1) is 0 Å². The van der Waals surface area contributed by atoms with Crippen molar-refractivity contribution in [3.8, 4) is 11.3 Å². The number of ether oxygens (including phenoxy) is 1. The van der Waals surface area contributed by atoms with Gasteiger partial charge in [-0.2, -0.15) is 0 Å². The van der Waals surface area contributed by atoms with E-state index in [0.717, 1.165) is 43.7 Å². The predicted molar refractivity (Wildman–Crippen MR) is 87.7 cm³/mol. The first kappa shape index (κ1) is 14.0. The Labute approximate surface area is 140 Å². The summed E-state index contributed by atoms with van der Waals surface area (Å²) in [6.45, 7) is 3.72. The number of piperidine rings is 3. The summed E-state index contributed by atoms with van der Waals surface area (Å²) >= 11 is 0. The van der Waals surface area contributed by atoms with E-state index in [9.17, 15) is 4.79 Å². The minimum atomic E-state index is -0.348. The van der Waals surface area contributed by atoms with Crippen molar-refractivity contribution in [2.24, 2.45) is 5.92 Å². The van der Waals surface area contributed by atoms with Gasteiger partial charge in [0.2, 0.25) is 0 Å². The highest BCUT2D eigenvalue weighted by Gasteiger charge is 2.55. The molecule has 1 unspecified atom stereocenters. The third kappa shape index (κ3) is 2.06. The summed E-state index contributed by atoms with van der Waals surface area (Å²) in [4.78, 5) is 20.7. The van der Waals surface area contributed by atoms with Gasteiger partial charge in [0.1, 0.15) is 17.6 Å². The standard InChI is InChI=1S/C18H19N3O3/c22-17-21(12-18(24-17)11-20-6-3-14(18)4-7-20)15-8-16(23-10-15)13-2-1-5-19-9-13/h1-2,5,8-10,14H,3-4,6-7,11-12H2. The molecular weight excluding hydrogens is 306 g/mol. The Bertz CT molecular complexity index is 767. The number of pyridine rings is 1. The molecule has 24 heavy (non-hydrogen) atoms. The minimum Gasteiger partial charge on any atom is -0.462 e. The van der Waals surface area contributed by atoms with E-state index in [0.29, 0.717) is 18.2 Å². The number of carbonyl (C=O) groups is 1. The van der Waals surface area contributed by atoms with Crippen molar-refractivity contribution in [1.29, 1.82) is 0 Å². The lowest BCUT2D eigenvalue weighted by Crippen LogP contribution is -2.61. The van der Waals surface area contributed by atoms with E-state index in [1.807, 2.05) is 18.2 Å². The van der Waals surface area contributed by atoms with Crippen LogP contribution >= 0.6 is 0 Å². The Kier molecular flexibility index (Phi) is 2.97. The van der Waals surface area contributed by atoms with Crippen LogP contribution in [0.15, 0.2) is 41.3 Å². The zero-order valence-electron chi connectivity index (χ0n) is 13.4. The van der Waals surface area contributed by atoms with Gasteiger partial charge in [-0.1, -0.05) is 0 Å². The molecule has 0 saturated carbocycles. The first-order chi connectivity index (χ1) is 11.7. The summed E-state index contributed by atoms with van der Waals surface area (Å²) in [5.74, 6) is 1.18. The summed E-state index contributed by atoms with van der Waals surface area (Å²) in [5.41, 5.74) is 1.31. The average Bonchev–Trinajstić information content (AvgIpc) is 3.22. The molecule has 1 spiro atoms. The lowest BCUT2D eigenvalue weighted by Gasteiger charge is -2.49. The van der Waals surface area contributed by atoms with Gasteiger partial charge in [-0.05, 0) is 38.1 Å². The van der Waals surface area contributed by atoms with Crippen molar-refractivity contribution >= 4 is 11.8 Å². The van der Waals surface area contributed by atoms with E-state index >= 15 is 0 Å². The van der Waals surface area contributed by atoms with Gasteiger partial charge < -0.3 is 9.15 Å². The van der Waals surface area contributed by atoms with Crippen LogP contribution in [-0.2, 0) is 4.74 Å². The summed E-state index contributed by atoms with van der Waals surface area (Å²) < 4.78 is 11.5. The SMILES string of the molecule is O=C1OC2(CN3CCC2CC3)CN1c1coc(-c2cccnc2)c1. The molecule has 1 amide bonds. The van der Waals surface area contributed by atoms with Crippen molar-refractivity contribution in [3.05, 3.63) is 36.9 Å². The zero-order chi connectivity index (χ0) is 16.1. The molecule has 4 aliphatic heterocycles. The zero-order valence-corrected chi connectivity index (χ0v) is 13.4. The smallest absolute Gasteiger partial charge is 0.415 e. The number of fused-ring (bicyclic) bond motifs is 2. The maximum absolute atomic E-state index is 12.5. The highest BCUT2D eigenvalue weighted by Crippen LogP contribution is 2.43. The number of nitrogens with zero attached hydrogens (tertiary/aromatic N) is 3.